The molecule has 1 aliphatic rings. The van der Waals surface area contributed by atoms with Crippen LogP contribution in [0, 0.1) is 0 Å². The highest BCUT2D eigenvalue weighted by molar-refractivity contribution is 8.56. The normalized spacial score (nSPS) is 20.8. The Balaban J connectivity index is 2.38. The van der Waals surface area contributed by atoms with E-state index in [1.807, 2.05) is 18.7 Å². The van der Waals surface area contributed by atoms with Gasteiger partial charge in [-0.3, -0.25) is 4.57 Å². The summed E-state index contributed by atoms with van der Waals surface area (Å²) in [6.07, 6.45) is 7.19. The molecule has 2 nitrogen and oxygen atoms in total. The van der Waals surface area contributed by atoms with E-state index in [1.165, 1.54) is 31.4 Å². The van der Waals surface area contributed by atoms with Gasteiger partial charge in [-0.15, -0.1) is 0 Å². The summed E-state index contributed by atoms with van der Waals surface area (Å²) in [4.78, 5) is 0. The molecule has 18 heavy (non-hydrogen) atoms. The van der Waals surface area contributed by atoms with E-state index in [9.17, 15) is 4.57 Å². The van der Waals surface area contributed by atoms with Crippen LogP contribution in [0.2, 0.25) is 0 Å². The Hall–Kier alpha value is 0.890. The lowest BCUT2D eigenvalue weighted by molar-refractivity contribution is 0.328. The van der Waals surface area contributed by atoms with Crippen LogP contribution in [0.25, 0.3) is 0 Å². The molecule has 1 saturated carbocycles. The van der Waals surface area contributed by atoms with Crippen LogP contribution in [0.15, 0.2) is 0 Å². The molecule has 1 unspecified atom stereocenters. The third-order valence-electron chi connectivity index (χ3n) is 3.18. The molecule has 0 N–H and O–H groups in total. The van der Waals surface area contributed by atoms with E-state index in [-0.39, 0.29) is 0 Å². The Bertz CT molecular complexity index is 255. The van der Waals surface area contributed by atoms with Crippen molar-refractivity contribution >= 4 is 29.7 Å². The first-order valence-electron chi connectivity index (χ1n) is 7.19. The third kappa shape index (κ3) is 5.90. The lowest BCUT2D eigenvalue weighted by Gasteiger charge is -2.29. The summed E-state index contributed by atoms with van der Waals surface area (Å²) >= 11 is 3.58. The van der Waals surface area contributed by atoms with Gasteiger partial charge in [0, 0.05) is 17.2 Å². The Morgan fingerprint density at radius 1 is 1.11 bits per heavy atom. The molecule has 0 heterocycles. The van der Waals surface area contributed by atoms with Gasteiger partial charge in [0.1, 0.15) is 0 Å². The van der Waals surface area contributed by atoms with Crippen LogP contribution in [0.4, 0.5) is 0 Å². The van der Waals surface area contributed by atoms with Crippen LogP contribution in [0.3, 0.4) is 0 Å². The van der Waals surface area contributed by atoms with Gasteiger partial charge in [0.25, 0.3) is 6.57 Å². The number of hydrogen-bond donors (Lipinski definition) is 0. The number of rotatable bonds is 9. The Morgan fingerprint density at radius 3 is 2.44 bits per heavy atom. The molecule has 5 heteroatoms. The summed E-state index contributed by atoms with van der Waals surface area (Å²) in [5.41, 5.74) is 0.326. The quantitative estimate of drug-likeness (QED) is 0.419. The van der Waals surface area contributed by atoms with Gasteiger partial charge in [0.15, 0.2) is 0 Å². The van der Waals surface area contributed by atoms with E-state index in [0.717, 1.165) is 24.3 Å². The first-order valence-corrected chi connectivity index (χ1v) is 11.6. The largest absolute Gasteiger partial charge is 0.321 e. The molecule has 0 aromatic heterocycles. The van der Waals surface area contributed by atoms with E-state index < -0.39 is 6.57 Å². The topological polar surface area (TPSA) is 26.3 Å². The molecule has 0 amide bonds. The van der Waals surface area contributed by atoms with Crippen LogP contribution in [0.1, 0.15) is 52.4 Å². The maximum atomic E-state index is 12.9. The molecule has 1 atom stereocenters. The molecule has 0 radical (unpaired) electrons. The summed E-state index contributed by atoms with van der Waals surface area (Å²) in [6, 6.07) is 0. The molecule has 0 aromatic carbocycles. The Kier molecular flexibility index (Phi) is 9.17. The smallest absolute Gasteiger partial charge is 0.260 e. The predicted octanol–water partition coefficient (Wildman–Crippen LogP) is 5.43. The van der Waals surface area contributed by atoms with Crippen LogP contribution in [0.5, 0.6) is 0 Å². The fraction of sp³-hybridized carbons (Fsp3) is 1.00. The zero-order valence-electron chi connectivity index (χ0n) is 11.7. The van der Waals surface area contributed by atoms with Crippen molar-refractivity contribution in [3.05, 3.63) is 0 Å². The molecule has 0 aliphatic heterocycles. The average molecular weight is 310 g/mol. The van der Waals surface area contributed by atoms with Gasteiger partial charge in [-0.25, -0.2) is 0 Å². The van der Waals surface area contributed by atoms with Gasteiger partial charge in [-0.05, 0) is 31.9 Å². The maximum Gasteiger partial charge on any atom is 0.260 e. The summed E-state index contributed by atoms with van der Waals surface area (Å²) in [5.74, 6) is 3.28. The van der Waals surface area contributed by atoms with E-state index >= 15 is 0 Å². The molecular formula is C13H27O2PS2. The van der Waals surface area contributed by atoms with Gasteiger partial charge in [0.05, 0.1) is 6.61 Å². The maximum absolute atomic E-state index is 12.9. The highest BCUT2D eigenvalue weighted by Gasteiger charge is 2.35. The van der Waals surface area contributed by atoms with Crippen LogP contribution < -0.4 is 0 Å². The molecule has 1 aliphatic carbocycles. The first-order chi connectivity index (χ1) is 8.73. The van der Waals surface area contributed by atoms with Gasteiger partial charge in [-0.1, -0.05) is 37.6 Å². The molecular weight excluding hydrogens is 283 g/mol. The Morgan fingerprint density at radius 2 is 1.83 bits per heavy atom. The summed E-state index contributed by atoms with van der Waals surface area (Å²) in [7, 11) is 0. The predicted molar refractivity (Wildman–Crippen MR) is 86.2 cm³/mol. The van der Waals surface area contributed by atoms with Crippen molar-refractivity contribution in [1.29, 1.82) is 0 Å². The van der Waals surface area contributed by atoms with E-state index in [2.05, 4.69) is 6.92 Å². The fourth-order valence-corrected chi connectivity index (χ4v) is 8.90. The SMILES string of the molecule is CCCSCCSP(=O)(OCC)C1CCCCC1. The van der Waals surface area contributed by atoms with Crippen molar-refractivity contribution in [3.63, 3.8) is 0 Å². The third-order valence-corrected chi connectivity index (χ3v) is 10.2. The summed E-state index contributed by atoms with van der Waals surface area (Å²) in [6.45, 7) is 2.31. The second kappa shape index (κ2) is 9.74. The first kappa shape index (κ1) is 16.9. The summed E-state index contributed by atoms with van der Waals surface area (Å²) in [5, 5.41) is 0. The molecule has 1 rings (SSSR count). The highest BCUT2D eigenvalue weighted by Crippen LogP contribution is 2.66. The second-order valence-corrected chi connectivity index (χ2v) is 11.0. The monoisotopic (exact) mass is 310 g/mol. The van der Waals surface area contributed by atoms with Gasteiger partial charge < -0.3 is 4.52 Å². The molecule has 108 valence electrons. The number of thioether (sulfide) groups is 1. The lowest BCUT2D eigenvalue weighted by atomic mass is 10.0. The van der Waals surface area contributed by atoms with Gasteiger partial charge in [0.2, 0.25) is 0 Å². The second-order valence-electron chi connectivity index (χ2n) is 4.70. The van der Waals surface area contributed by atoms with Crippen LogP contribution in [-0.4, -0.2) is 29.5 Å². The zero-order valence-corrected chi connectivity index (χ0v) is 14.3. The van der Waals surface area contributed by atoms with Gasteiger partial charge in [-0.2, -0.15) is 11.8 Å². The molecule has 0 aromatic rings. The Labute approximate surface area is 121 Å². The zero-order chi connectivity index (χ0) is 13.3. The van der Waals surface area contributed by atoms with E-state index in [0.29, 0.717) is 12.3 Å². The van der Waals surface area contributed by atoms with Crippen LogP contribution in [-0.2, 0) is 9.09 Å². The standard InChI is InChI=1S/C13H27O2PS2/c1-3-10-17-11-12-18-16(14,15-4-2)13-8-6-5-7-9-13/h13H,3-12H2,1-2H3. The molecule has 0 saturated heterocycles. The van der Waals surface area contributed by atoms with Crippen molar-refractivity contribution in [3.8, 4) is 0 Å². The fourth-order valence-electron chi connectivity index (χ4n) is 2.30. The van der Waals surface area contributed by atoms with Crippen molar-refractivity contribution in [2.24, 2.45) is 0 Å². The van der Waals surface area contributed by atoms with Gasteiger partial charge >= 0.3 is 0 Å². The molecule has 0 bridgehead atoms. The van der Waals surface area contributed by atoms with Crippen LogP contribution >= 0.6 is 29.7 Å². The molecule has 1 fully saturated rings. The molecule has 0 spiro atoms. The minimum absolute atomic E-state index is 0.326. The van der Waals surface area contributed by atoms with E-state index in [4.69, 9.17) is 4.52 Å². The minimum Gasteiger partial charge on any atom is -0.321 e. The van der Waals surface area contributed by atoms with E-state index in [1.54, 1.807) is 11.4 Å². The summed E-state index contributed by atoms with van der Waals surface area (Å²) < 4.78 is 18.6. The van der Waals surface area contributed by atoms with Crippen molar-refractivity contribution < 1.29 is 9.09 Å². The van der Waals surface area contributed by atoms with Crippen molar-refractivity contribution in [1.82, 2.24) is 0 Å². The average Bonchev–Trinajstić information content (AvgIpc) is 2.40. The highest BCUT2D eigenvalue weighted by atomic mass is 32.7. The van der Waals surface area contributed by atoms with Crippen molar-refractivity contribution in [2.75, 3.05) is 23.9 Å². The number of hydrogen-bond acceptors (Lipinski definition) is 4. The minimum atomic E-state index is -2.44. The lowest BCUT2D eigenvalue weighted by Crippen LogP contribution is -2.13. The van der Waals surface area contributed by atoms with Crippen molar-refractivity contribution in [2.45, 2.75) is 58.0 Å².